The van der Waals surface area contributed by atoms with Crippen LogP contribution < -0.4 is 10.1 Å². The van der Waals surface area contributed by atoms with E-state index in [1.165, 1.54) is 0 Å². The summed E-state index contributed by atoms with van der Waals surface area (Å²) in [5, 5.41) is 14.0. The van der Waals surface area contributed by atoms with Crippen LogP contribution in [0.2, 0.25) is 5.02 Å². The molecule has 0 saturated heterocycles. The molecule has 1 fully saturated rings. The topological polar surface area (TPSA) is 67.0 Å². The Balaban J connectivity index is 1.54. The van der Waals surface area contributed by atoms with Crippen LogP contribution in [0.4, 0.5) is 0 Å². The first-order valence-electron chi connectivity index (χ1n) is 9.94. The molecule has 6 heteroatoms. The number of aromatic nitrogens is 1. The molecule has 0 unspecified atom stereocenters. The van der Waals surface area contributed by atoms with Gasteiger partial charge in [0.05, 0.1) is 6.54 Å². The molecule has 1 amide bonds. The van der Waals surface area contributed by atoms with E-state index in [1.807, 2.05) is 61.7 Å². The molecule has 0 bridgehead atoms. The average molecular weight is 420 g/mol. The molecule has 30 heavy (non-hydrogen) atoms. The fourth-order valence-corrected chi connectivity index (χ4v) is 3.46. The van der Waals surface area contributed by atoms with E-state index in [9.17, 15) is 10.1 Å². The summed E-state index contributed by atoms with van der Waals surface area (Å²) in [6.45, 7) is 3.06. The van der Waals surface area contributed by atoms with E-state index < -0.39 is 0 Å². The van der Waals surface area contributed by atoms with Crippen LogP contribution in [0.3, 0.4) is 0 Å². The van der Waals surface area contributed by atoms with E-state index in [0.717, 1.165) is 40.6 Å². The predicted molar refractivity (Wildman–Crippen MR) is 118 cm³/mol. The summed E-state index contributed by atoms with van der Waals surface area (Å²) in [5.41, 5.74) is 2.97. The van der Waals surface area contributed by atoms with Gasteiger partial charge >= 0.3 is 0 Å². The maximum atomic E-state index is 12.3. The van der Waals surface area contributed by atoms with Gasteiger partial charge in [-0.05, 0) is 55.7 Å². The first-order chi connectivity index (χ1) is 14.5. The Morgan fingerprint density at radius 1 is 1.33 bits per heavy atom. The highest BCUT2D eigenvalue weighted by atomic mass is 35.5. The fourth-order valence-electron chi connectivity index (χ4n) is 3.34. The van der Waals surface area contributed by atoms with Crippen molar-refractivity contribution in [3.63, 3.8) is 0 Å². The van der Waals surface area contributed by atoms with Gasteiger partial charge in [-0.25, -0.2) is 0 Å². The maximum Gasteiger partial charge on any atom is 0.262 e. The van der Waals surface area contributed by atoms with Crippen molar-refractivity contribution in [3.05, 3.63) is 70.4 Å². The van der Waals surface area contributed by atoms with E-state index in [2.05, 4.69) is 9.88 Å². The van der Waals surface area contributed by atoms with Crippen molar-refractivity contribution in [3.8, 4) is 11.8 Å². The van der Waals surface area contributed by atoms with E-state index in [-0.39, 0.29) is 17.5 Å². The largest absolute Gasteiger partial charge is 0.492 e. The third kappa shape index (κ3) is 4.50. The molecule has 152 valence electrons. The van der Waals surface area contributed by atoms with Crippen LogP contribution in [0.1, 0.15) is 24.0 Å². The molecule has 0 radical (unpaired) electrons. The lowest BCUT2D eigenvalue weighted by Gasteiger charge is -2.09. The van der Waals surface area contributed by atoms with Crippen molar-refractivity contribution in [2.45, 2.75) is 32.4 Å². The van der Waals surface area contributed by atoms with Gasteiger partial charge in [0, 0.05) is 33.7 Å². The number of halogens is 1. The third-order valence-corrected chi connectivity index (χ3v) is 5.55. The Morgan fingerprint density at radius 3 is 2.87 bits per heavy atom. The van der Waals surface area contributed by atoms with Gasteiger partial charge in [-0.2, -0.15) is 5.26 Å². The lowest BCUT2D eigenvalue weighted by atomic mass is 10.1. The number of ether oxygens (including phenoxy) is 1. The standard InChI is InChI=1S/C24H22ClN3O2/c1-16-12-20(8-9-22(16)25)30-11-10-28-15-18(21-4-2-3-5-23(21)28)13-17(14-26)24(29)27-19-6-7-19/h2-5,8-9,12-13,15,19H,6-7,10-11H2,1H3,(H,27,29)/b17-13+. The highest BCUT2D eigenvalue weighted by Crippen LogP contribution is 2.25. The van der Waals surface area contributed by atoms with Crippen molar-refractivity contribution in [1.29, 1.82) is 5.26 Å². The summed E-state index contributed by atoms with van der Waals surface area (Å²) in [6.07, 6.45) is 5.59. The molecule has 5 nitrogen and oxygen atoms in total. The molecule has 2 aromatic carbocycles. The number of amides is 1. The molecule has 0 atom stereocenters. The number of fused-ring (bicyclic) bond motifs is 1. The number of nitrogens with zero attached hydrogens (tertiary/aromatic N) is 2. The van der Waals surface area contributed by atoms with Crippen LogP contribution in [0.25, 0.3) is 17.0 Å². The summed E-state index contributed by atoms with van der Waals surface area (Å²) in [5.74, 6) is 0.468. The van der Waals surface area contributed by atoms with Gasteiger partial charge in [0.1, 0.15) is 24.0 Å². The lowest BCUT2D eigenvalue weighted by molar-refractivity contribution is -0.117. The van der Waals surface area contributed by atoms with E-state index in [0.29, 0.717) is 18.2 Å². The lowest BCUT2D eigenvalue weighted by Crippen LogP contribution is -2.26. The van der Waals surface area contributed by atoms with Crippen LogP contribution in [-0.2, 0) is 11.3 Å². The van der Waals surface area contributed by atoms with Gasteiger partial charge in [0.2, 0.25) is 0 Å². The van der Waals surface area contributed by atoms with E-state index in [4.69, 9.17) is 16.3 Å². The van der Waals surface area contributed by atoms with Crippen molar-refractivity contribution in [2.75, 3.05) is 6.61 Å². The molecular formula is C24H22ClN3O2. The van der Waals surface area contributed by atoms with E-state index in [1.54, 1.807) is 6.08 Å². The van der Waals surface area contributed by atoms with Crippen molar-refractivity contribution < 1.29 is 9.53 Å². The predicted octanol–water partition coefficient (Wildman–Crippen LogP) is 4.87. The molecule has 1 aromatic heterocycles. The van der Waals surface area contributed by atoms with Gasteiger partial charge < -0.3 is 14.6 Å². The minimum Gasteiger partial charge on any atom is -0.492 e. The first-order valence-corrected chi connectivity index (χ1v) is 10.3. The van der Waals surface area contributed by atoms with Crippen LogP contribution in [0.5, 0.6) is 5.75 Å². The molecule has 1 N–H and O–H groups in total. The maximum absolute atomic E-state index is 12.3. The average Bonchev–Trinajstić information content (AvgIpc) is 3.49. The zero-order valence-electron chi connectivity index (χ0n) is 16.7. The second-order valence-corrected chi connectivity index (χ2v) is 7.88. The molecule has 0 spiro atoms. The SMILES string of the molecule is Cc1cc(OCCn2cc(/C=C(\C#N)C(=O)NC3CC3)c3ccccc32)ccc1Cl. The monoisotopic (exact) mass is 419 g/mol. The normalized spacial score (nSPS) is 13.8. The van der Waals surface area contributed by atoms with Crippen LogP contribution in [-0.4, -0.2) is 23.1 Å². The van der Waals surface area contributed by atoms with Gasteiger partial charge in [0.25, 0.3) is 5.91 Å². The molecule has 1 saturated carbocycles. The number of nitriles is 1. The smallest absolute Gasteiger partial charge is 0.262 e. The summed E-state index contributed by atoms with van der Waals surface area (Å²) in [4.78, 5) is 12.3. The first kappa shape index (κ1) is 20.1. The number of carbonyl (C=O) groups excluding carboxylic acids is 1. The summed E-state index contributed by atoms with van der Waals surface area (Å²) < 4.78 is 7.96. The van der Waals surface area contributed by atoms with Crippen molar-refractivity contribution in [2.24, 2.45) is 0 Å². The number of hydrogen-bond acceptors (Lipinski definition) is 3. The van der Waals surface area contributed by atoms with Crippen LogP contribution >= 0.6 is 11.6 Å². The van der Waals surface area contributed by atoms with Gasteiger partial charge in [-0.3, -0.25) is 4.79 Å². The number of hydrogen-bond donors (Lipinski definition) is 1. The third-order valence-electron chi connectivity index (χ3n) is 5.13. The molecule has 1 heterocycles. The van der Waals surface area contributed by atoms with Gasteiger partial charge in [0.15, 0.2) is 0 Å². The number of aryl methyl sites for hydroxylation is 1. The second kappa shape index (κ2) is 8.64. The Hall–Kier alpha value is -3.23. The number of benzene rings is 2. The highest BCUT2D eigenvalue weighted by molar-refractivity contribution is 6.31. The van der Waals surface area contributed by atoms with Crippen molar-refractivity contribution >= 4 is 34.5 Å². The van der Waals surface area contributed by atoms with E-state index >= 15 is 0 Å². The Bertz CT molecular complexity index is 1170. The van der Waals surface area contributed by atoms with Crippen LogP contribution in [0, 0.1) is 18.3 Å². The molecule has 3 aromatic rings. The molecule has 1 aliphatic rings. The second-order valence-electron chi connectivity index (χ2n) is 7.47. The summed E-state index contributed by atoms with van der Waals surface area (Å²) in [7, 11) is 0. The minimum atomic E-state index is -0.307. The molecule has 4 rings (SSSR count). The fraction of sp³-hybridized carbons (Fsp3) is 0.250. The molecular weight excluding hydrogens is 398 g/mol. The highest BCUT2D eigenvalue weighted by Gasteiger charge is 2.25. The minimum absolute atomic E-state index is 0.123. The Labute approximate surface area is 180 Å². The Morgan fingerprint density at radius 2 is 2.13 bits per heavy atom. The zero-order valence-corrected chi connectivity index (χ0v) is 17.4. The number of rotatable bonds is 7. The summed E-state index contributed by atoms with van der Waals surface area (Å²) in [6, 6.07) is 15.8. The number of carbonyl (C=O) groups is 1. The molecule has 1 aliphatic carbocycles. The number of para-hydroxylation sites is 1. The van der Waals surface area contributed by atoms with Gasteiger partial charge in [-0.1, -0.05) is 29.8 Å². The van der Waals surface area contributed by atoms with Crippen LogP contribution in [0.15, 0.2) is 54.2 Å². The zero-order chi connectivity index (χ0) is 21.1. The number of nitrogens with one attached hydrogen (secondary N) is 1. The van der Waals surface area contributed by atoms with Crippen molar-refractivity contribution in [1.82, 2.24) is 9.88 Å². The summed E-state index contributed by atoms with van der Waals surface area (Å²) >= 11 is 6.07. The Kier molecular flexibility index (Phi) is 5.78. The van der Waals surface area contributed by atoms with Gasteiger partial charge in [-0.15, -0.1) is 0 Å². The quantitative estimate of drug-likeness (QED) is 0.439. The molecule has 0 aliphatic heterocycles.